The van der Waals surface area contributed by atoms with Crippen molar-refractivity contribution < 1.29 is 17.9 Å². The average molecular weight is 152 g/mol. The summed E-state index contributed by atoms with van der Waals surface area (Å²) in [4.78, 5) is 0. The molecule has 1 heterocycles. The normalized spacial score (nSPS) is 22.5. The van der Waals surface area contributed by atoms with Gasteiger partial charge in [0.15, 0.2) is 5.83 Å². The Labute approximate surface area is 56.5 Å². The molecule has 0 bridgehead atoms. The molecule has 1 unspecified atom stereocenters. The van der Waals surface area contributed by atoms with Crippen LogP contribution in [0.3, 0.4) is 0 Å². The van der Waals surface area contributed by atoms with E-state index in [4.69, 9.17) is 4.74 Å². The lowest BCUT2D eigenvalue weighted by molar-refractivity contribution is 0.354. The number of allylic oxidation sites excluding steroid dienone is 1. The summed E-state index contributed by atoms with van der Waals surface area (Å²) in [5.41, 5.74) is 0. The van der Waals surface area contributed by atoms with E-state index in [0.29, 0.717) is 13.0 Å². The van der Waals surface area contributed by atoms with E-state index in [0.717, 1.165) is 0 Å². The maximum Gasteiger partial charge on any atom is 0.301 e. The van der Waals surface area contributed by atoms with Gasteiger partial charge in [0.1, 0.15) is 0 Å². The zero-order valence-corrected chi connectivity index (χ0v) is 5.24. The van der Waals surface area contributed by atoms with Gasteiger partial charge in [0, 0.05) is 6.42 Å². The molecule has 1 rings (SSSR count). The second kappa shape index (κ2) is 3.05. The number of hydrogen-bond donors (Lipinski definition) is 0. The van der Waals surface area contributed by atoms with E-state index in [1.165, 1.54) is 0 Å². The first-order chi connectivity index (χ1) is 4.70. The zero-order chi connectivity index (χ0) is 7.56. The van der Waals surface area contributed by atoms with Crippen LogP contribution >= 0.6 is 0 Å². The molecular weight excluding hydrogens is 145 g/mol. The maximum absolute atomic E-state index is 12.0. The van der Waals surface area contributed by atoms with E-state index in [1.807, 2.05) is 0 Å². The second-order valence-electron chi connectivity index (χ2n) is 2.16. The third kappa shape index (κ3) is 2.39. The minimum atomic E-state index is -2.21. The third-order valence-electron chi connectivity index (χ3n) is 1.29. The Morgan fingerprint density at radius 1 is 1.40 bits per heavy atom. The van der Waals surface area contributed by atoms with Crippen LogP contribution in [-0.2, 0) is 4.74 Å². The molecule has 0 aromatic carbocycles. The van der Waals surface area contributed by atoms with E-state index < -0.39 is 11.9 Å². The molecular formula is C6H7F3O. The first-order valence-corrected chi connectivity index (χ1v) is 3.01. The van der Waals surface area contributed by atoms with Crippen molar-refractivity contribution in [3.8, 4) is 0 Å². The summed E-state index contributed by atoms with van der Waals surface area (Å²) in [7, 11) is 0. The maximum atomic E-state index is 12.0. The number of epoxide rings is 1. The summed E-state index contributed by atoms with van der Waals surface area (Å²) in [5.74, 6) is -1.31. The first-order valence-electron chi connectivity index (χ1n) is 3.01. The molecule has 1 atom stereocenters. The van der Waals surface area contributed by atoms with Crippen molar-refractivity contribution >= 4 is 0 Å². The fraction of sp³-hybridized carbons (Fsp3) is 0.667. The number of rotatable bonds is 3. The summed E-state index contributed by atoms with van der Waals surface area (Å²) >= 11 is 0. The molecule has 0 aliphatic carbocycles. The molecule has 0 saturated carbocycles. The zero-order valence-electron chi connectivity index (χ0n) is 5.24. The molecule has 1 nitrogen and oxygen atoms in total. The van der Waals surface area contributed by atoms with Crippen LogP contribution in [0.25, 0.3) is 0 Å². The van der Waals surface area contributed by atoms with Gasteiger partial charge in [-0.3, -0.25) is 0 Å². The van der Waals surface area contributed by atoms with Gasteiger partial charge < -0.3 is 4.74 Å². The second-order valence-corrected chi connectivity index (χ2v) is 2.16. The van der Waals surface area contributed by atoms with Crippen molar-refractivity contribution in [1.82, 2.24) is 0 Å². The van der Waals surface area contributed by atoms with Gasteiger partial charge in [-0.05, 0) is 6.42 Å². The van der Waals surface area contributed by atoms with Gasteiger partial charge in [-0.15, -0.1) is 0 Å². The van der Waals surface area contributed by atoms with E-state index in [1.54, 1.807) is 0 Å². The molecule has 10 heavy (non-hydrogen) atoms. The number of hydrogen-bond acceptors (Lipinski definition) is 1. The van der Waals surface area contributed by atoms with Crippen molar-refractivity contribution in [2.45, 2.75) is 18.9 Å². The highest BCUT2D eigenvalue weighted by atomic mass is 19.3. The average Bonchev–Trinajstić information content (AvgIpc) is 2.64. The summed E-state index contributed by atoms with van der Waals surface area (Å²) in [6, 6.07) is 0. The molecule has 1 aliphatic heterocycles. The van der Waals surface area contributed by atoms with E-state index in [9.17, 15) is 13.2 Å². The molecule has 0 N–H and O–H groups in total. The van der Waals surface area contributed by atoms with Crippen molar-refractivity contribution in [1.29, 1.82) is 0 Å². The highest BCUT2D eigenvalue weighted by molar-refractivity contribution is 4.92. The van der Waals surface area contributed by atoms with Gasteiger partial charge in [0.25, 0.3) is 0 Å². The number of halogens is 3. The van der Waals surface area contributed by atoms with Crippen molar-refractivity contribution in [3.63, 3.8) is 0 Å². The molecule has 4 heteroatoms. The van der Waals surface area contributed by atoms with Gasteiger partial charge in [-0.2, -0.15) is 8.78 Å². The highest BCUT2D eigenvalue weighted by Crippen LogP contribution is 2.21. The SMILES string of the molecule is FC(F)=C(F)CCC1CO1. The van der Waals surface area contributed by atoms with Crippen molar-refractivity contribution in [2.75, 3.05) is 6.61 Å². The molecule has 0 aromatic rings. The molecule has 0 spiro atoms. The minimum Gasteiger partial charge on any atom is -0.373 e. The van der Waals surface area contributed by atoms with Crippen LogP contribution in [0.1, 0.15) is 12.8 Å². The third-order valence-corrected chi connectivity index (χ3v) is 1.29. The highest BCUT2D eigenvalue weighted by Gasteiger charge is 2.22. The summed E-state index contributed by atoms with van der Waals surface area (Å²) in [6.07, 6.45) is -2.03. The topological polar surface area (TPSA) is 12.5 Å². The molecule has 1 aliphatic rings. The standard InChI is InChI=1S/C6H7F3O/c7-5(6(8)9)2-1-4-3-10-4/h4H,1-3H2. The van der Waals surface area contributed by atoms with Crippen LogP contribution in [0.2, 0.25) is 0 Å². The molecule has 0 amide bonds. The van der Waals surface area contributed by atoms with Crippen LogP contribution in [-0.4, -0.2) is 12.7 Å². The van der Waals surface area contributed by atoms with Gasteiger partial charge in [-0.1, -0.05) is 0 Å². The van der Waals surface area contributed by atoms with Crippen LogP contribution in [0, 0.1) is 0 Å². The van der Waals surface area contributed by atoms with E-state index >= 15 is 0 Å². The summed E-state index contributed by atoms with van der Waals surface area (Å²) < 4.78 is 39.4. The lowest BCUT2D eigenvalue weighted by atomic mass is 10.2. The molecule has 1 saturated heterocycles. The van der Waals surface area contributed by atoms with Gasteiger partial charge in [0.05, 0.1) is 12.7 Å². The van der Waals surface area contributed by atoms with Gasteiger partial charge in [-0.25, -0.2) is 4.39 Å². The largest absolute Gasteiger partial charge is 0.373 e. The summed E-state index contributed by atoms with van der Waals surface area (Å²) in [6.45, 7) is 0.585. The number of ether oxygens (including phenoxy) is 1. The Hall–Kier alpha value is -0.510. The Morgan fingerprint density at radius 3 is 2.40 bits per heavy atom. The van der Waals surface area contributed by atoms with Crippen molar-refractivity contribution in [3.05, 3.63) is 11.9 Å². The Morgan fingerprint density at radius 2 is 2.00 bits per heavy atom. The van der Waals surface area contributed by atoms with Gasteiger partial charge in [0.2, 0.25) is 0 Å². The predicted molar refractivity (Wildman–Crippen MR) is 29.3 cm³/mol. The predicted octanol–water partition coefficient (Wildman–Crippen LogP) is 2.24. The van der Waals surface area contributed by atoms with Crippen molar-refractivity contribution in [2.24, 2.45) is 0 Å². The quantitative estimate of drug-likeness (QED) is 0.565. The van der Waals surface area contributed by atoms with Crippen LogP contribution < -0.4 is 0 Å². The Balaban J connectivity index is 2.17. The van der Waals surface area contributed by atoms with Crippen LogP contribution in [0.15, 0.2) is 11.9 Å². The van der Waals surface area contributed by atoms with E-state index in [2.05, 4.69) is 0 Å². The Bertz CT molecular complexity index is 147. The monoisotopic (exact) mass is 152 g/mol. The Kier molecular flexibility index (Phi) is 2.32. The van der Waals surface area contributed by atoms with Gasteiger partial charge >= 0.3 is 6.08 Å². The molecule has 1 fully saturated rings. The molecule has 0 aromatic heterocycles. The lowest BCUT2D eigenvalue weighted by Gasteiger charge is -1.91. The lowest BCUT2D eigenvalue weighted by Crippen LogP contribution is -1.85. The molecule has 58 valence electrons. The first kappa shape index (κ1) is 7.60. The fourth-order valence-corrected chi connectivity index (χ4v) is 0.617. The molecule has 0 radical (unpaired) electrons. The van der Waals surface area contributed by atoms with Crippen LogP contribution in [0.4, 0.5) is 13.2 Å². The fourth-order valence-electron chi connectivity index (χ4n) is 0.617. The van der Waals surface area contributed by atoms with E-state index in [-0.39, 0.29) is 12.5 Å². The minimum absolute atomic E-state index is 0.0186. The van der Waals surface area contributed by atoms with Crippen LogP contribution in [0.5, 0.6) is 0 Å². The summed E-state index contributed by atoms with van der Waals surface area (Å²) in [5, 5.41) is 0. The smallest absolute Gasteiger partial charge is 0.301 e.